The summed E-state index contributed by atoms with van der Waals surface area (Å²) in [6.07, 6.45) is 1.26. The monoisotopic (exact) mass is 350 g/mol. The van der Waals surface area contributed by atoms with Crippen molar-refractivity contribution in [1.82, 2.24) is 9.78 Å². The number of rotatable bonds is 8. The Hall–Kier alpha value is -1.70. The van der Waals surface area contributed by atoms with Gasteiger partial charge in [-0.1, -0.05) is 25.7 Å². The zero-order chi connectivity index (χ0) is 17.7. The fourth-order valence-electron chi connectivity index (χ4n) is 2.16. The molecule has 0 spiro atoms. The lowest BCUT2D eigenvalue weighted by atomic mass is 10.2. The van der Waals surface area contributed by atoms with Crippen molar-refractivity contribution >= 4 is 18.8 Å². The fraction of sp³-hybridized carbons (Fsp3) is 0.529. The predicted molar refractivity (Wildman–Crippen MR) is 97.3 cm³/mol. The largest absolute Gasteiger partial charge is 0.488 e. The number of fused-ring (bicyclic) bond motifs is 1. The van der Waals surface area contributed by atoms with E-state index in [9.17, 15) is 4.79 Å². The number of hydrogen-bond acceptors (Lipinski definition) is 5. The summed E-state index contributed by atoms with van der Waals surface area (Å²) in [6, 6.07) is 6.32. The van der Waals surface area contributed by atoms with E-state index in [0.717, 1.165) is 6.04 Å². The van der Waals surface area contributed by atoms with Gasteiger partial charge in [0.1, 0.15) is 18.6 Å². The third-order valence-corrected chi connectivity index (χ3v) is 5.36. The second-order valence-electron chi connectivity index (χ2n) is 7.13. The number of benzene rings is 1. The van der Waals surface area contributed by atoms with Gasteiger partial charge in [0.05, 0.1) is 18.2 Å². The van der Waals surface area contributed by atoms with Gasteiger partial charge in [-0.05, 0) is 25.1 Å². The fourth-order valence-corrected chi connectivity index (χ4v) is 2.92. The van der Waals surface area contributed by atoms with Gasteiger partial charge in [-0.25, -0.2) is 4.68 Å². The Labute approximate surface area is 143 Å². The van der Waals surface area contributed by atoms with Crippen LogP contribution in [0.1, 0.15) is 6.92 Å². The van der Waals surface area contributed by atoms with Crippen molar-refractivity contribution < 1.29 is 14.6 Å². The molecular weight excluding hydrogens is 324 g/mol. The summed E-state index contributed by atoms with van der Waals surface area (Å²) in [5.74, 6) is 0.547. The van der Waals surface area contributed by atoms with E-state index in [0.29, 0.717) is 23.1 Å². The van der Waals surface area contributed by atoms with Crippen LogP contribution >= 0.6 is 0 Å². The van der Waals surface area contributed by atoms with E-state index in [1.165, 1.54) is 4.68 Å². The molecule has 0 aliphatic rings. The van der Waals surface area contributed by atoms with Gasteiger partial charge >= 0.3 is 0 Å². The van der Waals surface area contributed by atoms with Gasteiger partial charge in [0.25, 0.3) is 5.56 Å². The first-order chi connectivity index (χ1) is 11.3. The molecule has 132 valence electrons. The molecule has 0 saturated heterocycles. The van der Waals surface area contributed by atoms with Crippen LogP contribution in [-0.2, 0) is 11.5 Å². The highest BCUT2D eigenvalue weighted by molar-refractivity contribution is 6.76. The van der Waals surface area contributed by atoms with Crippen molar-refractivity contribution in [2.24, 2.45) is 0 Å². The highest BCUT2D eigenvalue weighted by atomic mass is 28.3. The van der Waals surface area contributed by atoms with Crippen LogP contribution in [0.5, 0.6) is 5.75 Å². The van der Waals surface area contributed by atoms with E-state index >= 15 is 0 Å². The molecule has 1 unspecified atom stereocenters. The van der Waals surface area contributed by atoms with Crippen LogP contribution < -0.4 is 10.3 Å². The summed E-state index contributed by atoms with van der Waals surface area (Å²) >= 11 is 0. The van der Waals surface area contributed by atoms with Crippen LogP contribution in [0.4, 0.5) is 0 Å². The molecule has 0 saturated carbocycles. The Balaban J connectivity index is 2.17. The Morgan fingerprint density at radius 1 is 1.29 bits per heavy atom. The molecule has 7 heteroatoms. The molecule has 0 aliphatic carbocycles. The molecule has 2 aromatic rings. The molecule has 6 nitrogen and oxygen atoms in total. The summed E-state index contributed by atoms with van der Waals surface area (Å²) < 4.78 is 12.6. The van der Waals surface area contributed by atoms with Crippen molar-refractivity contribution in [3.63, 3.8) is 0 Å². The molecule has 1 atom stereocenters. The number of aromatic nitrogens is 2. The van der Waals surface area contributed by atoms with Crippen molar-refractivity contribution in [1.29, 1.82) is 0 Å². The van der Waals surface area contributed by atoms with Gasteiger partial charge in [0, 0.05) is 20.1 Å². The van der Waals surface area contributed by atoms with Crippen LogP contribution in [0.3, 0.4) is 0 Å². The lowest BCUT2D eigenvalue weighted by Crippen LogP contribution is -2.26. The van der Waals surface area contributed by atoms with Gasteiger partial charge in [0.2, 0.25) is 0 Å². The van der Waals surface area contributed by atoms with Gasteiger partial charge < -0.3 is 14.6 Å². The zero-order valence-corrected chi connectivity index (χ0v) is 15.8. The summed E-state index contributed by atoms with van der Waals surface area (Å²) in [7, 11) is -1.15. The molecule has 0 bridgehead atoms. The molecule has 0 fully saturated rings. The minimum absolute atomic E-state index is 0.0915. The Bertz CT molecular complexity index is 739. The highest BCUT2D eigenvalue weighted by Crippen LogP contribution is 2.23. The van der Waals surface area contributed by atoms with Crippen LogP contribution in [-0.4, -0.2) is 42.3 Å². The Morgan fingerprint density at radius 3 is 2.71 bits per heavy atom. The second kappa shape index (κ2) is 7.91. The molecule has 1 aromatic carbocycles. The van der Waals surface area contributed by atoms with E-state index in [4.69, 9.17) is 14.6 Å². The molecule has 2 rings (SSSR count). The number of hydrogen-bond donors (Lipinski definition) is 1. The zero-order valence-electron chi connectivity index (χ0n) is 14.8. The number of aliphatic hydroxyl groups is 1. The number of ether oxygens (including phenoxy) is 2. The first-order valence-electron chi connectivity index (χ1n) is 8.16. The van der Waals surface area contributed by atoms with Crippen molar-refractivity contribution in [3.8, 4) is 5.75 Å². The third kappa shape index (κ3) is 4.89. The minimum atomic E-state index is -1.15. The average Bonchev–Trinajstić information content (AvgIpc) is 2.53. The topological polar surface area (TPSA) is 73.6 Å². The molecule has 24 heavy (non-hydrogen) atoms. The molecule has 1 aromatic heterocycles. The lowest BCUT2D eigenvalue weighted by Gasteiger charge is -2.16. The Morgan fingerprint density at radius 2 is 2.04 bits per heavy atom. The maximum Gasteiger partial charge on any atom is 0.276 e. The van der Waals surface area contributed by atoms with Crippen molar-refractivity contribution in [2.45, 2.75) is 45.4 Å². The van der Waals surface area contributed by atoms with E-state index in [1.54, 1.807) is 31.3 Å². The summed E-state index contributed by atoms with van der Waals surface area (Å²) in [4.78, 5) is 12.6. The second-order valence-corrected chi connectivity index (χ2v) is 12.7. The van der Waals surface area contributed by atoms with Gasteiger partial charge in [-0.15, -0.1) is 0 Å². The van der Waals surface area contributed by atoms with Crippen molar-refractivity contribution in [3.05, 3.63) is 34.7 Å². The molecular formula is C17H26N2O4Si. The molecule has 1 N–H and O–H groups in total. The first kappa shape index (κ1) is 18.6. The Kier molecular flexibility index (Phi) is 6.14. The maximum absolute atomic E-state index is 12.6. The van der Waals surface area contributed by atoms with E-state index in [-0.39, 0.29) is 25.0 Å². The van der Waals surface area contributed by atoms with E-state index < -0.39 is 8.07 Å². The standard InChI is InChI=1S/C17H26N2O4Si/c1-13(11-20)23-16-7-5-6-14-15(16)10-18-19(17(14)21)12-22-8-9-24(2,3)4/h5-7,10,13,20H,8-9,11-12H2,1-4H3. The number of aliphatic hydroxyl groups excluding tert-OH is 1. The average molecular weight is 350 g/mol. The lowest BCUT2D eigenvalue weighted by molar-refractivity contribution is 0.0754. The minimum Gasteiger partial charge on any atom is -0.488 e. The van der Waals surface area contributed by atoms with E-state index in [2.05, 4.69) is 24.7 Å². The van der Waals surface area contributed by atoms with Gasteiger partial charge in [-0.2, -0.15) is 5.10 Å². The normalized spacial score (nSPS) is 13.2. The highest BCUT2D eigenvalue weighted by Gasteiger charge is 2.13. The van der Waals surface area contributed by atoms with Gasteiger partial charge in [-0.3, -0.25) is 4.79 Å². The summed E-state index contributed by atoms with van der Waals surface area (Å²) in [5.41, 5.74) is -0.206. The quantitative estimate of drug-likeness (QED) is 0.585. The van der Waals surface area contributed by atoms with Crippen LogP contribution in [0.25, 0.3) is 10.8 Å². The molecule has 0 amide bonds. The van der Waals surface area contributed by atoms with Crippen LogP contribution in [0, 0.1) is 0 Å². The van der Waals surface area contributed by atoms with Crippen LogP contribution in [0.2, 0.25) is 25.7 Å². The smallest absolute Gasteiger partial charge is 0.276 e. The third-order valence-electron chi connectivity index (χ3n) is 3.65. The molecule has 0 aliphatic heterocycles. The first-order valence-corrected chi connectivity index (χ1v) is 11.9. The van der Waals surface area contributed by atoms with Crippen LogP contribution in [0.15, 0.2) is 29.2 Å². The van der Waals surface area contributed by atoms with Crippen molar-refractivity contribution in [2.75, 3.05) is 13.2 Å². The molecule has 1 heterocycles. The molecule has 0 radical (unpaired) electrons. The summed E-state index contributed by atoms with van der Waals surface area (Å²) in [6.45, 7) is 9.31. The van der Waals surface area contributed by atoms with E-state index in [1.807, 2.05) is 0 Å². The number of nitrogens with zero attached hydrogens (tertiary/aromatic N) is 2. The summed E-state index contributed by atoms with van der Waals surface area (Å²) in [5, 5.41) is 14.5. The van der Waals surface area contributed by atoms with Gasteiger partial charge in [0.15, 0.2) is 0 Å². The predicted octanol–water partition coefficient (Wildman–Crippen LogP) is 2.47. The SMILES string of the molecule is CC(CO)Oc1cccc2c(=O)n(COCC[Si](C)(C)C)ncc12. The maximum atomic E-state index is 12.6.